The molecule has 1 heterocycles. The Morgan fingerprint density at radius 2 is 1.71 bits per heavy atom. The second-order valence-electron chi connectivity index (χ2n) is 7.73. The Kier molecular flexibility index (Phi) is 6.57. The van der Waals surface area contributed by atoms with Crippen LogP contribution < -0.4 is 9.46 Å². The first-order valence-electron chi connectivity index (χ1n) is 10.2. The summed E-state index contributed by atoms with van der Waals surface area (Å²) in [5, 5.41) is 4.78. The highest BCUT2D eigenvalue weighted by molar-refractivity contribution is 7.92. The van der Waals surface area contributed by atoms with E-state index in [4.69, 9.17) is 16.3 Å². The molecule has 11 heteroatoms. The number of halogens is 1. The van der Waals surface area contributed by atoms with Crippen molar-refractivity contribution in [2.24, 2.45) is 5.10 Å². The first kappa shape index (κ1) is 24.1. The van der Waals surface area contributed by atoms with E-state index in [9.17, 15) is 16.8 Å². The van der Waals surface area contributed by atoms with Gasteiger partial charge in [-0.15, -0.1) is 0 Å². The second-order valence-corrected chi connectivity index (χ2v) is 11.7. The SMILES string of the molecule is COc1ccc([C@@H]2CC(c3cccc(NS(C)(=O)=O)c3)=NN2S(=O)(=O)c2cccc(Cl)c2)cc1. The van der Waals surface area contributed by atoms with E-state index in [-0.39, 0.29) is 11.3 Å². The number of hydrogen-bond donors (Lipinski definition) is 1. The number of methoxy groups -OCH3 is 1. The normalized spacial score (nSPS) is 16.3. The van der Waals surface area contributed by atoms with Crippen LogP contribution in [0.15, 0.2) is 82.8 Å². The number of rotatable bonds is 7. The predicted molar refractivity (Wildman–Crippen MR) is 132 cm³/mol. The van der Waals surface area contributed by atoms with Crippen molar-refractivity contribution in [2.75, 3.05) is 18.1 Å². The van der Waals surface area contributed by atoms with Crippen LogP contribution in [0.1, 0.15) is 23.6 Å². The van der Waals surface area contributed by atoms with Gasteiger partial charge in [0.2, 0.25) is 10.0 Å². The molecule has 1 aliphatic heterocycles. The zero-order valence-electron chi connectivity index (χ0n) is 18.3. The van der Waals surface area contributed by atoms with Crippen molar-refractivity contribution in [1.82, 2.24) is 4.41 Å². The standard InChI is InChI=1S/C23H22ClN3O5S2/c1-32-20-11-9-16(10-12-20)23-15-22(17-5-3-7-19(13-17)26-33(2,28)29)25-27(23)34(30,31)21-8-4-6-18(24)14-21/h3-14,23,26H,15H2,1-2H3/t23-/m0/s1. The lowest BCUT2D eigenvalue weighted by Gasteiger charge is -2.23. The minimum absolute atomic E-state index is 0.0241. The van der Waals surface area contributed by atoms with Gasteiger partial charge in [0.05, 0.1) is 30.0 Å². The van der Waals surface area contributed by atoms with Crippen LogP contribution in [0.4, 0.5) is 5.69 Å². The molecule has 0 radical (unpaired) electrons. The highest BCUT2D eigenvalue weighted by Crippen LogP contribution is 2.38. The Balaban J connectivity index is 1.78. The zero-order valence-corrected chi connectivity index (χ0v) is 20.7. The monoisotopic (exact) mass is 519 g/mol. The van der Waals surface area contributed by atoms with Crippen molar-refractivity contribution >= 4 is 43.0 Å². The van der Waals surface area contributed by atoms with Crippen molar-refractivity contribution in [2.45, 2.75) is 17.4 Å². The van der Waals surface area contributed by atoms with Crippen LogP contribution in [0.2, 0.25) is 5.02 Å². The van der Waals surface area contributed by atoms with Gasteiger partial charge in [-0.25, -0.2) is 8.42 Å². The van der Waals surface area contributed by atoms with Gasteiger partial charge >= 0.3 is 0 Å². The Morgan fingerprint density at radius 3 is 2.35 bits per heavy atom. The van der Waals surface area contributed by atoms with Gasteiger partial charge in [0, 0.05) is 17.1 Å². The molecule has 0 fully saturated rings. The van der Waals surface area contributed by atoms with Gasteiger partial charge < -0.3 is 4.74 Å². The van der Waals surface area contributed by atoms with Gasteiger partial charge in [-0.1, -0.05) is 41.9 Å². The summed E-state index contributed by atoms with van der Waals surface area (Å²) in [5.41, 5.74) is 2.20. The van der Waals surface area contributed by atoms with Crippen LogP contribution in [-0.4, -0.2) is 40.3 Å². The predicted octanol–water partition coefficient (Wildman–Crippen LogP) is 4.26. The first-order valence-corrected chi connectivity index (χ1v) is 13.9. The molecule has 34 heavy (non-hydrogen) atoms. The van der Waals surface area contributed by atoms with Crippen molar-refractivity contribution in [1.29, 1.82) is 0 Å². The second kappa shape index (κ2) is 9.28. The summed E-state index contributed by atoms with van der Waals surface area (Å²) in [4.78, 5) is 0.0241. The first-order chi connectivity index (χ1) is 16.1. The number of nitrogens with one attached hydrogen (secondary N) is 1. The highest BCUT2D eigenvalue weighted by atomic mass is 35.5. The fraction of sp³-hybridized carbons (Fsp3) is 0.174. The van der Waals surface area contributed by atoms with E-state index >= 15 is 0 Å². The third-order valence-corrected chi connectivity index (χ3v) is 7.73. The fourth-order valence-electron chi connectivity index (χ4n) is 3.67. The van der Waals surface area contributed by atoms with Crippen LogP contribution in [0.25, 0.3) is 0 Å². The largest absolute Gasteiger partial charge is 0.497 e. The van der Waals surface area contributed by atoms with Crippen LogP contribution in [0, 0.1) is 0 Å². The topological polar surface area (TPSA) is 105 Å². The molecule has 1 N–H and O–H groups in total. The van der Waals surface area contributed by atoms with Gasteiger partial charge in [0.15, 0.2) is 0 Å². The van der Waals surface area contributed by atoms with Crippen molar-refractivity contribution < 1.29 is 21.6 Å². The van der Waals surface area contributed by atoms with Crippen LogP contribution in [0.5, 0.6) is 5.75 Å². The zero-order chi connectivity index (χ0) is 24.5. The molecule has 4 rings (SSSR count). The molecular formula is C23H22ClN3O5S2. The molecule has 0 saturated carbocycles. The van der Waals surface area contributed by atoms with Gasteiger partial charge in [-0.2, -0.15) is 17.9 Å². The molecule has 0 bridgehead atoms. The minimum Gasteiger partial charge on any atom is -0.497 e. The van der Waals surface area contributed by atoms with E-state index in [1.54, 1.807) is 67.8 Å². The quantitative estimate of drug-likeness (QED) is 0.502. The summed E-state index contributed by atoms with van der Waals surface area (Å²) in [6, 6.07) is 19.2. The summed E-state index contributed by atoms with van der Waals surface area (Å²) in [6.45, 7) is 0. The van der Waals surface area contributed by atoms with E-state index in [1.807, 2.05) is 0 Å². The van der Waals surface area contributed by atoms with Gasteiger partial charge in [0.1, 0.15) is 5.75 Å². The number of sulfonamides is 2. The molecule has 0 saturated heterocycles. The van der Waals surface area contributed by atoms with Gasteiger partial charge in [-0.05, 0) is 53.6 Å². The lowest BCUT2D eigenvalue weighted by atomic mass is 9.99. The molecule has 3 aromatic rings. The van der Waals surface area contributed by atoms with Crippen molar-refractivity contribution in [3.8, 4) is 5.75 Å². The number of anilines is 1. The van der Waals surface area contributed by atoms with Crippen molar-refractivity contribution in [3.05, 3.63) is 88.9 Å². The minimum atomic E-state index is -4.04. The Hall–Kier alpha value is -3.08. The third-order valence-electron chi connectivity index (χ3n) is 5.21. The molecule has 0 unspecified atom stereocenters. The lowest BCUT2D eigenvalue weighted by molar-refractivity contribution is 0.370. The van der Waals surface area contributed by atoms with Crippen molar-refractivity contribution in [3.63, 3.8) is 0 Å². The molecular weight excluding hydrogens is 498 g/mol. The Morgan fingerprint density at radius 1 is 1.00 bits per heavy atom. The van der Waals surface area contributed by atoms with E-state index in [1.165, 1.54) is 12.1 Å². The number of ether oxygens (including phenoxy) is 1. The number of nitrogens with zero attached hydrogens (tertiary/aromatic N) is 2. The number of hydrogen-bond acceptors (Lipinski definition) is 6. The van der Waals surface area contributed by atoms with Crippen LogP contribution >= 0.6 is 11.6 Å². The average Bonchev–Trinajstić information content (AvgIpc) is 3.25. The van der Waals surface area contributed by atoms with E-state index < -0.39 is 26.1 Å². The molecule has 0 aliphatic carbocycles. The molecule has 8 nitrogen and oxygen atoms in total. The summed E-state index contributed by atoms with van der Waals surface area (Å²) in [5.74, 6) is 0.645. The fourth-order valence-corrected chi connectivity index (χ4v) is 5.96. The van der Waals surface area contributed by atoms with Crippen LogP contribution in [-0.2, 0) is 20.0 Å². The maximum Gasteiger partial charge on any atom is 0.279 e. The number of benzene rings is 3. The lowest BCUT2D eigenvalue weighted by Crippen LogP contribution is -2.27. The molecule has 178 valence electrons. The maximum absolute atomic E-state index is 13.6. The van der Waals surface area contributed by atoms with E-state index in [2.05, 4.69) is 9.82 Å². The molecule has 0 aromatic heterocycles. The average molecular weight is 520 g/mol. The highest BCUT2D eigenvalue weighted by Gasteiger charge is 2.38. The van der Waals surface area contributed by atoms with Gasteiger partial charge in [-0.3, -0.25) is 4.72 Å². The summed E-state index contributed by atoms with van der Waals surface area (Å²) >= 11 is 6.05. The summed E-state index contributed by atoms with van der Waals surface area (Å²) in [6.07, 6.45) is 1.35. The molecule has 3 aromatic carbocycles. The Labute approximate surface area is 203 Å². The van der Waals surface area contributed by atoms with E-state index in [0.29, 0.717) is 27.7 Å². The third kappa shape index (κ3) is 5.19. The number of hydrazone groups is 1. The smallest absolute Gasteiger partial charge is 0.279 e. The van der Waals surface area contributed by atoms with E-state index in [0.717, 1.165) is 16.2 Å². The molecule has 1 aliphatic rings. The maximum atomic E-state index is 13.6. The molecule has 0 spiro atoms. The van der Waals surface area contributed by atoms with Gasteiger partial charge in [0.25, 0.3) is 10.0 Å². The Bertz CT molecular complexity index is 1460. The molecule has 0 amide bonds. The van der Waals surface area contributed by atoms with Crippen LogP contribution in [0.3, 0.4) is 0 Å². The molecule has 1 atom stereocenters. The summed E-state index contributed by atoms with van der Waals surface area (Å²) < 4.78 is 59.2. The summed E-state index contributed by atoms with van der Waals surface area (Å²) in [7, 11) is -5.95.